The highest BCUT2D eigenvalue weighted by Gasteiger charge is 2.37. The summed E-state index contributed by atoms with van der Waals surface area (Å²) in [5.74, 6) is 0.724. The Hall–Kier alpha value is -1.29. The van der Waals surface area contributed by atoms with Crippen molar-refractivity contribution in [1.82, 2.24) is 4.98 Å². The minimum atomic E-state index is -0.691. The molecule has 1 aromatic carbocycles. The number of ether oxygens (including phenoxy) is 1. The van der Waals surface area contributed by atoms with Crippen LogP contribution in [0.25, 0.3) is 0 Å². The Labute approximate surface area is 121 Å². The van der Waals surface area contributed by atoms with Gasteiger partial charge in [-0.3, -0.25) is 4.98 Å². The van der Waals surface area contributed by atoms with Crippen LogP contribution in [0.15, 0.2) is 36.5 Å². The molecule has 1 aromatic heterocycles. The largest absolute Gasteiger partial charge is 0.491 e. The lowest BCUT2D eigenvalue weighted by Gasteiger charge is -2.34. The Morgan fingerprint density at radius 2 is 2.05 bits per heavy atom. The summed E-state index contributed by atoms with van der Waals surface area (Å²) in [4.78, 5) is 4.37. The Morgan fingerprint density at radius 3 is 2.84 bits per heavy atom. The summed E-state index contributed by atoms with van der Waals surface area (Å²) < 4.78 is 5.59. The van der Waals surface area contributed by atoms with E-state index in [-0.39, 0.29) is 0 Å². The number of benzene rings is 1. The van der Waals surface area contributed by atoms with Crippen LogP contribution in [0, 0.1) is 0 Å². The van der Waals surface area contributed by atoms with Gasteiger partial charge in [-0.15, -0.1) is 0 Å². The number of pyridine rings is 1. The first-order valence-electron chi connectivity index (χ1n) is 5.94. The zero-order valence-corrected chi connectivity index (χ0v) is 11.6. The second-order valence-electron chi connectivity index (χ2n) is 4.55. The van der Waals surface area contributed by atoms with Crippen molar-refractivity contribution in [3.63, 3.8) is 0 Å². The standard InChI is InChI=1S/C14H12Cl2N2O/c15-10-4-3-9(8-11(10)16)14(17)5-7-19-12-2-1-6-18-13(12)14/h1-4,6,8H,5,7,17H2/t14-/m0/s1. The number of aromatic nitrogens is 1. The molecule has 5 heteroatoms. The van der Waals surface area contributed by atoms with E-state index in [2.05, 4.69) is 4.98 Å². The van der Waals surface area contributed by atoms with Gasteiger partial charge in [0.2, 0.25) is 0 Å². The first-order chi connectivity index (χ1) is 9.11. The van der Waals surface area contributed by atoms with Crippen LogP contribution in [-0.4, -0.2) is 11.6 Å². The molecule has 2 heterocycles. The molecule has 0 amide bonds. The molecule has 1 aliphatic rings. The van der Waals surface area contributed by atoms with E-state index >= 15 is 0 Å². The van der Waals surface area contributed by atoms with Crippen LogP contribution in [0.1, 0.15) is 17.7 Å². The third-order valence-electron chi connectivity index (χ3n) is 3.38. The molecule has 3 rings (SSSR count). The first kappa shape index (κ1) is 12.7. The quantitative estimate of drug-likeness (QED) is 0.877. The van der Waals surface area contributed by atoms with Gasteiger partial charge >= 0.3 is 0 Å². The lowest BCUT2D eigenvalue weighted by atomic mass is 9.82. The van der Waals surface area contributed by atoms with Crippen LogP contribution in [0.5, 0.6) is 5.75 Å². The normalized spacial score (nSPS) is 21.6. The third-order valence-corrected chi connectivity index (χ3v) is 4.12. The van der Waals surface area contributed by atoms with Crippen molar-refractivity contribution >= 4 is 23.2 Å². The molecule has 19 heavy (non-hydrogen) atoms. The minimum absolute atomic E-state index is 0.493. The smallest absolute Gasteiger partial charge is 0.143 e. The Balaban J connectivity index is 2.16. The molecule has 0 aliphatic carbocycles. The van der Waals surface area contributed by atoms with E-state index in [0.29, 0.717) is 23.1 Å². The average Bonchev–Trinajstić information content (AvgIpc) is 2.42. The summed E-state index contributed by atoms with van der Waals surface area (Å²) in [6.45, 7) is 0.551. The summed E-state index contributed by atoms with van der Waals surface area (Å²) >= 11 is 12.0. The number of nitrogens with zero attached hydrogens (tertiary/aromatic N) is 1. The Morgan fingerprint density at radius 1 is 1.21 bits per heavy atom. The van der Waals surface area contributed by atoms with Crippen LogP contribution < -0.4 is 10.5 Å². The van der Waals surface area contributed by atoms with Gasteiger partial charge in [-0.1, -0.05) is 29.3 Å². The molecule has 2 aromatic rings. The molecule has 0 radical (unpaired) electrons. The number of fused-ring (bicyclic) bond motifs is 1. The van der Waals surface area contributed by atoms with Crippen LogP contribution in [0.3, 0.4) is 0 Å². The molecule has 1 atom stereocenters. The van der Waals surface area contributed by atoms with Gasteiger partial charge in [0, 0.05) is 12.6 Å². The molecular weight excluding hydrogens is 283 g/mol. The second-order valence-corrected chi connectivity index (χ2v) is 5.36. The van der Waals surface area contributed by atoms with Crippen LogP contribution in [-0.2, 0) is 5.54 Å². The van der Waals surface area contributed by atoms with E-state index in [1.54, 1.807) is 18.3 Å². The molecule has 2 N–H and O–H groups in total. The number of nitrogens with two attached hydrogens (primary N) is 1. The molecule has 0 fully saturated rings. The van der Waals surface area contributed by atoms with Crippen LogP contribution >= 0.6 is 23.2 Å². The fourth-order valence-electron chi connectivity index (χ4n) is 2.34. The first-order valence-corrected chi connectivity index (χ1v) is 6.69. The van der Waals surface area contributed by atoms with Crippen LogP contribution in [0.4, 0.5) is 0 Å². The van der Waals surface area contributed by atoms with Gasteiger partial charge in [0.15, 0.2) is 0 Å². The Kier molecular flexibility index (Phi) is 3.13. The van der Waals surface area contributed by atoms with E-state index in [1.165, 1.54) is 0 Å². The number of hydrogen-bond acceptors (Lipinski definition) is 3. The number of rotatable bonds is 1. The van der Waals surface area contributed by atoms with Crippen molar-refractivity contribution in [2.75, 3.05) is 6.61 Å². The van der Waals surface area contributed by atoms with Crippen LogP contribution in [0.2, 0.25) is 10.0 Å². The molecule has 0 unspecified atom stereocenters. The zero-order chi connectivity index (χ0) is 13.5. The fraction of sp³-hybridized carbons (Fsp3) is 0.214. The maximum absolute atomic E-state index is 6.57. The van der Waals surface area contributed by atoms with Crippen molar-refractivity contribution in [3.05, 3.63) is 57.8 Å². The zero-order valence-electron chi connectivity index (χ0n) is 10.1. The lowest BCUT2D eigenvalue weighted by molar-refractivity contribution is 0.232. The summed E-state index contributed by atoms with van der Waals surface area (Å²) in [5.41, 5.74) is 7.50. The lowest BCUT2D eigenvalue weighted by Crippen LogP contribution is -2.43. The van der Waals surface area contributed by atoms with Crippen molar-refractivity contribution in [1.29, 1.82) is 0 Å². The van der Waals surface area contributed by atoms with Gasteiger partial charge in [0.1, 0.15) is 11.4 Å². The van der Waals surface area contributed by atoms with Crippen molar-refractivity contribution < 1.29 is 4.74 Å². The molecule has 0 spiro atoms. The molecule has 98 valence electrons. The van der Waals surface area contributed by atoms with E-state index in [9.17, 15) is 0 Å². The monoisotopic (exact) mass is 294 g/mol. The highest BCUT2D eigenvalue weighted by molar-refractivity contribution is 6.42. The second kappa shape index (κ2) is 4.67. The maximum Gasteiger partial charge on any atom is 0.143 e. The molecule has 0 bridgehead atoms. The molecule has 1 aliphatic heterocycles. The van der Waals surface area contributed by atoms with Gasteiger partial charge in [0.05, 0.1) is 22.2 Å². The summed E-state index contributed by atoms with van der Waals surface area (Å²) in [7, 11) is 0. The summed E-state index contributed by atoms with van der Waals surface area (Å²) in [6.07, 6.45) is 2.36. The fourth-order valence-corrected chi connectivity index (χ4v) is 2.64. The third kappa shape index (κ3) is 2.08. The maximum atomic E-state index is 6.57. The highest BCUT2D eigenvalue weighted by Crippen LogP contribution is 2.39. The summed E-state index contributed by atoms with van der Waals surface area (Å²) in [6, 6.07) is 9.15. The molecule has 0 saturated carbocycles. The number of halogens is 2. The average molecular weight is 295 g/mol. The Bertz CT molecular complexity index is 633. The van der Waals surface area contributed by atoms with Crippen molar-refractivity contribution in [3.8, 4) is 5.75 Å². The van der Waals surface area contributed by atoms with Crippen molar-refractivity contribution in [2.24, 2.45) is 5.73 Å². The van der Waals surface area contributed by atoms with E-state index in [0.717, 1.165) is 17.0 Å². The van der Waals surface area contributed by atoms with Crippen molar-refractivity contribution in [2.45, 2.75) is 12.0 Å². The van der Waals surface area contributed by atoms with Gasteiger partial charge in [-0.05, 0) is 29.8 Å². The topological polar surface area (TPSA) is 48.1 Å². The van der Waals surface area contributed by atoms with Gasteiger partial charge in [-0.2, -0.15) is 0 Å². The predicted octanol–water partition coefficient (Wildman–Crippen LogP) is 3.37. The highest BCUT2D eigenvalue weighted by atomic mass is 35.5. The predicted molar refractivity (Wildman–Crippen MR) is 75.8 cm³/mol. The van der Waals surface area contributed by atoms with Gasteiger partial charge in [0.25, 0.3) is 0 Å². The number of hydrogen-bond donors (Lipinski definition) is 1. The van der Waals surface area contributed by atoms with Gasteiger partial charge in [-0.25, -0.2) is 0 Å². The van der Waals surface area contributed by atoms with Gasteiger partial charge < -0.3 is 10.5 Å². The van der Waals surface area contributed by atoms with E-state index in [4.69, 9.17) is 33.7 Å². The molecule has 0 saturated heterocycles. The molecule has 3 nitrogen and oxygen atoms in total. The summed E-state index contributed by atoms with van der Waals surface area (Å²) in [5, 5.41) is 1.01. The SMILES string of the molecule is N[C@]1(c2ccc(Cl)c(Cl)c2)CCOc2cccnc21. The van der Waals surface area contributed by atoms with E-state index < -0.39 is 5.54 Å². The minimum Gasteiger partial charge on any atom is -0.491 e. The molecular formula is C14H12Cl2N2O. The van der Waals surface area contributed by atoms with E-state index in [1.807, 2.05) is 18.2 Å².